The Kier molecular flexibility index (Phi) is 9.44. The van der Waals surface area contributed by atoms with E-state index in [4.69, 9.17) is 0 Å². The van der Waals surface area contributed by atoms with Gasteiger partial charge < -0.3 is 10.6 Å². The maximum absolute atomic E-state index is 4.67. The third kappa shape index (κ3) is 6.51. The van der Waals surface area contributed by atoms with E-state index in [-0.39, 0.29) is 24.0 Å². The highest BCUT2D eigenvalue weighted by atomic mass is 127. The number of guanidine groups is 1. The van der Waals surface area contributed by atoms with Crippen molar-refractivity contribution >= 4 is 29.9 Å². The molecule has 0 aliphatic carbocycles. The Bertz CT molecular complexity index is 636. The van der Waals surface area contributed by atoms with Crippen molar-refractivity contribution < 1.29 is 0 Å². The molecular weight excluding hydrogens is 413 g/mol. The maximum Gasteiger partial charge on any atom is 0.191 e. The molecule has 0 saturated carbocycles. The van der Waals surface area contributed by atoms with Gasteiger partial charge in [0.15, 0.2) is 5.96 Å². The summed E-state index contributed by atoms with van der Waals surface area (Å²) < 4.78 is 0. The molecule has 0 aliphatic heterocycles. The molecule has 0 radical (unpaired) electrons. The standard InChI is InChI=1S/C18H27N5.HI/c1-4-19-18(21-12-16-9-6-5-8-14(16)2)20-11-7-10-17-13-22-23-15(17)3;/h5-6,8-9,13H,4,7,10-12H2,1-3H3,(H,22,23)(H2,19,20,21);1H. The lowest BCUT2D eigenvalue weighted by molar-refractivity contribution is 0.742. The molecule has 0 atom stereocenters. The van der Waals surface area contributed by atoms with Crippen LogP contribution in [0.1, 0.15) is 35.7 Å². The van der Waals surface area contributed by atoms with Crippen LogP contribution in [0.2, 0.25) is 0 Å². The van der Waals surface area contributed by atoms with Crippen molar-refractivity contribution in [3.63, 3.8) is 0 Å². The second-order valence-corrected chi connectivity index (χ2v) is 5.67. The molecule has 2 aromatic rings. The van der Waals surface area contributed by atoms with Gasteiger partial charge in [-0.15, -0.1) is 24.0 Å². The number of benzene rings is 1. The van der Waals surface area contributed by atoms with E-state index < -0.39 is 0 Å². The van der Waals surface area contributed by atoms with Gasteiger partial charge in [0.1, 0.15) is 0 Å². The topological polar surface area (TPSA) is 65.1 Å². The quantitative estimate of drug-likeness (QED) is 0.267. The third-order valence-electron chi connectivity index (χ3n) is 3.86. The molecule has 2 rings (SSSR count). The van der Waals surface area contributed by atoms with Gasteiger partial charge >= 0.3 is 0 Å². The summed E-state index contributed by atoms with van der Waals surface area (Å²) in [6.07, 6.45) is 3.98. The maximum atomic E-state index is 4.67. The first-order valence-corrected chi connectivity index (χ1v) is 8.26. The molecule has 0 spiro atoms. The van der Waals surface area contributed by atoms with Crippen molar-refractivity contribution in [2.45, 2.75) is 40.2 Å². The summed E-state index contributed by atoms with van der Waals surface area (Å²) >= 11 is 0. The Morgan fingerprint density at radius 2 is 1.96 bits per heavy atom. The Balaban J connectivity index is 0.00000288. The fourth-order valence-corrected chi connectivity index (χ4v) is 2.41. The molecule has 1 aromatic carbocycles. The minimum atomic E-state index is 0. The molecule has 0 aliphatic rings. The van der Waals surface area contributed by atoms with E-state index in [1.54, 1.807) is 0 Å². The van der Waals surface area contributed by atoms with E-state index in [1.165, 1.54) is 16.7 Å². The predicted octanol–water partition coefficient (Wildman–Crippen LogP) is 3.33. The molecule has 24 heavy (non-hydrogen) atoms. The summed E-state index contributed by atoms with van der Waals surface area (Å²) in [5, 5.41) is 13.7. The first-order chi connectivity index (χ1) is 11.2. The molecule has 0 saturated heterocycles. The van der Waals surface area contributed by atoms with E-state index in [0.29, 0.717) is 6.54 Å². The van der Waals surface area contributed by atoms with Crippen LogP contribution in [0.15, 0.2) is 35.5 Å². The molecular formula is C18H28IN5. The van der Waals surface area contributed by atoms with Crippen molar-refractivity contribution in [1.82, 2.24) is 20.8 Å². The average Bonchev–Trinajstić information content (AvgIpc) is 2.95. The highest BCUT2D eigenvalue weighted by Gasteiger charge is 2.02. The summed E-state index contributed by atoms with van der Waals surface area (Å²) in [7, 11) is 0. The van der Waals surface area contributed by atoms with Crippen molar-refractivity contribution in [3.05, 3.63) is 52.8 Å². The van der Waals surface area contributed by atoms with Crippen LogP contribution < -0.4 is 10.6 Å². The summed E-state index contributed by atoms with van der Waals surface area (Å²) in [5.74, 6) is 0.875. The zero-order chi connectivity index (χ0) is 16.5. The molecule has 1 heterocycles. The number of aryl methyl sites for hydroxylation is 3. The van der Waals surface area contributed by atoms with Crippen LogP contribution in [0.3, 0.4) is 0 Å². The van der Waals surface area contributed by atoms with E-state index in [2.05, 4.69) is 70.9 Å². The molecule has 0 amide bonds. The second-order valence-electron chi connectivity index (χ2n) is 5.67. The lowest BCUT2D eigenvalue weighted by atomic mass is 10.1. The largest absolute Gasteiger partial charge is 0.357 e. The van der Waals surface area contributed by atoms with Crippen molar-refractivity contribution in [2.24, 2.45) is 4.99 Å². The molecule has 0 fully saturated rings. The summed E-state index contributed by atoms with van der Waals surface area (Å²) in [6, 6.07) is 8.37. The molecule has 132 valence electrons. The smallest absolute Gasteiger partial charge is 0.191 e. The summed E-state index contributed by atoms with van der Waals surface area (Å²) in [5.41, 5.74) is 4.99. The number of aromatic nitrogens is 2. The van der Waals surface area contributed by atoms with Crippen molar-refractivity contribution in [3.8, 4) is 0 Å². The first-order valence-electron chi connectivity index (χ1n) is 8.26. The van der Waals surface area contributed by atoms with Gasteiger partial charge in [-0.1, -0.05) is 24.3 Å². The van der Waals surface area contributed by atoms with E-state index >= 15 is 0 Å². The summed E-state index contributed by atoms with van der Waals surface area (Å²) in [4.78, 5) is 4.67. The van der Waals surface area contributed by atoms with Crippen LogP contribution in [-0.2, 0) is 13.0 Å². The highest BCUT2D eigenvalue weighted by molar-refractivity contribution is 14.0. The van der Waals surface area contributed by atoms with Gasteiger partial charge in [0.25, 0.3) is 0 Å². The van der Waals surface area contributed by atoms with Crippen LogP contribution >= 0.6 is 24.0 Å². The number of rotatable bonds is 7. The lowest BCUT2D eigenvalue weighted by Crippen LogP contribution is -2.37. The number of aliphatic imine (C=N–C) groups is 1. The van der Waals surface area contributed by atoms with Gasteiger partial charge in [-0.2, -0.15) is 5.10 Å². The number of halogens is 1. The number of hydrogen-bond acceptors (Lipinski definition) is 2. The molecule has 0 unspecified atom stereocenters. The van der Waals surface area contributed by atoms with Gasteiger partial charge in [0, 0.05) is 18.8 Å². The monoisotopic (exact) mass is 441 g/mol. The SMILES string of the molecule is CCNC(=NCc1ccccc1C)NCCCc1cn[nH]c1C.I. The fraction of sp³-hybridized carbons (Fsp3) is 0.444. The number of aromatic amines is 1. The summed E-state index contributed by atoms with van der Waals surface area (Å²) in [6.45, 7) is 8.72. The Morgan fingerprint density at radius 3 is 2.62 bits per heavy atom. The molecule has 6 heteroatoms. The van der Waals surface area contributed by atoms with Gasteiger partial charge in [-0.05, 0) is 50.3 Å². The second kappa shape index (κ2) is 11.1. The zero-order valence-electron chi connectivity index (χ0n) is 14.7. The molecule has 3 N–H and O–H groups in total. The Morgan fingerprint density at radius 1 is 1.17 bits per heavy atom. The fourth-order valence-electron chi connectivity index (χ4n) is 2.41. The van der Waals surface area contributed by atoms with Crippen molar-refractivity contribution in [2.75, 3.05) is 13.1 Å². The van der Waals surface area contributed by atoms with Crippen LogP contribution in [-0.4, -0.2) is 29.2 Å². The van der Waals surface area contributed by atoms with E-state index in [9.17, 15) is 0 Å². The predicted molar refractivity (Wildman–Crippen MR) is 111 cm³/mol. The first kappa shape index (κ1) is 20.5. The lowest BCUT2D eigenvalue weighted by Gasteiger charge is -2.11. The normalized spacial score (nSPS) is 11.0. The number of hydrogen-bond donors (Lipinski definition) is 3. The Labute approximate surface area is 161 Å². The zero-order valence-corrected chi connectivity index (χ0v) is 17.1. The number of nitrogens with zero attached hydrogens (tertiary/aromatic N) is 2. The van der Waals surface area contributed by atoms with Crippen LogP contribution in [0, 0.1) is 13.8 Å². The van der Waals surface area contributed by atoms with Gasteiger partial charge in [-0.25, -0.2) is 4.99 Å². The Hall–Kier alpha value is -1.57. The van der Waals surface area contributed by atoms with Gasteiger partial charge in [-0.3, -0.25) is 5.10 Å². The van der Waals surface area contributed by atoms with E-state index in [0.717, 1.165) is 37.6 Å². The van der Waals surface area contributed by atoms with Crippen molar-refractivity contribution in [1.29, 1.82) is 0 Å². The minimum Gasteiger partial charge on any atom is -0.357 e. The number of H-pyrrole nitrogens is 1. The minimum absolute atomic E-state index is 0. The van der Waals surface area contributed by atoms with Crippen LogP contribution in [0.5, 0.6) is 0 Å². The van der Waals surface area contributed by atoms with Crippen LogP contribution in [0.25, 0.3) is 0 Å². The number of nitrogens with one attached hydrogen (secondary N) is 3. The average molecular weight is 441 g/mol. The molecule has 1 aromatic heterocycles. The van der Waals surface area contributed by atoms with Crippen LogP contribution in [0.4, 0.5) is 0 Å². The van der Waals surface area contributed by atoms with Gasteiger partial charge in [0.2, 0.25) is 0 Å². The van der Waals surface area contributed by atoms with E-state index in [1.807, 2.05) is 6.20 Å². The third-order valence-corrected chi connectivity index (χ3v) is 3.86. The molecule has 5 nitrogen and oxygen atoms in total. The highest BCUT2D eigenvalue weighted by Crippen LogP contribution is 2.08. The van der Waals surface area contributed by atoms with Gasteiger partial charge in [0.05, 0.1) is 12.7 Å². The molecule has 0 bridgehead atoms.